The minimum Gasteiger partial charge on any atom is -0.486 e. The number of ether oxygens (including phenoxy) is 2. The van der Waals surface area contributed by atoms with Gasteiger partial charge in [0.25, 0.3) is 0 Å². The second-order valence-corrected chi connectivity index (χ2v) is 7.97. The van der Waals surface area contributed by atoms with Crippen LogP contribution in [0.25, 0.3) is 0 Å². The molecule has 0 radical (unpaired) electrons. The summed E-state index contributed by atoms with van der Waals surface area (Å²) in [5, 5.41) is 0.766. The molecule has 3 unspecified atom stereocenters. The van der Waals surface area contributed by atoms with Crippen LogP contribution in [0.3, 0.4) is 0 Å². The van der Waals surface area contributed by atoms with Crippen LogP contribution in [-0.2, 0) is 4.79 Å². The van der Waals surface area contributed by atoms with Gasteiger partial charge in [0.1, 0.15) is 13.2 Å². The highest BCUT2D eigenvalue weighted by atomic mass is 35.5. The lowest BCUT2D eigenvalue weighted by Crippen LogP contribution is -2.32. The van der Waals surface area contributed by atoms with Crippen molar-refractivity contribution in [3.8, 4) is 11.5 Å². The van der Waals surface area contributed by atoms with E-state index in [4.69, 9.17) is 21.1 Å². The van der Waals surface area contributed by atoms with Crippen LogP contribution in [-0.4, -0.2) is 30.6 Å². The van der Waals surface area contributed by atoms with Crippen molar-refractivity contribution < 1.29 is 14.3 Å². The maximum atomic E-state index is 13.2. The Morgan fingerprint density at radius 3 is 2.74 bits per heavy atom. The van der Waals surface area contributed by atoms with Gasteiger partial charge >= 0.3 is 0 Å². The molecule has 0 spiro atoms. The van der Waals surface area contributed by atoms with E-state index in [2.05, 4.69) is 11.0 Å². The molecule has 2 aromatic carbocycles. The summed E-state index contributed by atoms with van der Waals surface area (Å²) in [5.74, 6) is 2.16. The molecule has 1 saturated carbocycles. The topological polar surface area (TPSA) is 38.8 Å². The van der Waals surface area contributed by atoms with Crippen LogP contribution >= 0.6 is 11.6 Å². The van der Waals surface area contributed by atoms with E-state index in [-0.39, 0.29) is 23.8 Å². The monoisotopic (exact) mass is 383 g/mol. The van der Waals surface area contributed by atoms with E-state index >= 15 is 0 Å². The Morgan fingerprint density at radius 1 is 1.07 bits per heavy atom. The highest BCUT2D eigenvalue weighted by Crippen LogP contribution is 2.52. The Morgan fingerprint density at radius 2 is 1.89 bits per heavy atom. The number of benzene rings is 2. The van der Waals surface area contributed by atoms with E-state index in [0.29, 0.717) is 13.2 Å². The molecular weight excluding hydrogens is 362 g/mol. The highest BCUT2D eigenvalue weighted by Gasteiger charge is 2.48. The highest BCUT2D eigenvalue weighted by molar-refractivity contribution is 6.31. The van der Waals surface area contributed by atoms with Crippen LogP contribution in [0.1, 0.15) is 42.3 Å². The van der Waals surface area contributed by atoms with Gasteiger partial charge in [-0.3, -0.25) is 4.79 Å². The molecule has 140 valence electrons. The molecule has 3 atom stereocenters. The molecule has 2 aliphatic heterocycles. The molecule has 5 heteroatoms. The second kappa shape index (κ2) is 6.75. The first-order valence-electron chi connectivity index (χ1n) is 9.67. The SMILES string of the molecule is O=C(C1CC1c1ccccc1Cl)N1CCCC1c1ccc2c(c1)OCCO2. The average Bonchev–Trinajstić information content (AvgIpc) is 3.34. The van der Waals surface area contributed by atoms with Gasteiger partial charge in [-0.1, -0.05) is 35.9 Å². The summed E-state index contributed by atoms with van der Waals surface area (Å²) in [4.78, 5) is 15.3. The lowest BCUT2D eigenvalue weighted by molar-refractivity contribution is -0.133. The van der Waals surface area contributed by atoms with Crippen molar-refractivity contribution in [1.29, 1.82) is 0 Å². The van der Waals surface area contributed by atoms with Gasteiger partial charge < -0.3 is 14.4 Å². The number of hydrogen-bond acceptors (Lipinski definition) is 3. The first kappa shape index (κ1) is 16.9. The minimum atomic E-state index is 0.0581. The average molecular weight is 384 g/mol. The standard InChI is InChI=1S/C22H22ClNO3/c23-18-5-2-1-4-15(18)16-13-17(16)22(25)24-9-3-6-19(24)14-7-8-20-21(12-14)27-11-10-26-20/h1-2,4-5,7-8,12,16-17,19H,3,6,9-11,13H2. The number of carbonyl (C=O) groups excluding carboxylic acids is 1. The van der Waals surface area contributed by atoms with Crippen LogP contribution in [0.5, 0.6) is 11.5 Å². The lowest BCUT2D eigenvalue weighted by Gasteiger charge is -2.27. The van der Waals surface area contributed by atoms with Crippen LogP contribution in [0.2, 0.25) is 5.02 Å². The van der Waals surface area contributed by atoms with Crippen molar-refractivity contribution in [3.63, 3.8) is 0 Å². The molecule has 1 saturated heterocycles. The van der Waals surface area contributed by atoms with Gasteiger partial charge in [-0.05, 0) is 54.5 Å². The zero-order chi connectivity index (χ0) is 18.4. The number of halogens is 1. The second-order valence-electron chi connectivity index (χ2n) is 7.56. The Labute approximate surface area is 164 Å². The number of rotatable bonds is 3. The van der Waals surface area contributed by atoms with Gasteiger partial charge in [0.15, 0.2) is 11.5 Å². The molecule has 2 aromatic rings. The van der Waals surface area contributed by atoms with Gasteiger partial charge in [-0.2, -0.15) is 0 Å². The number of likely N-dealkylation sites (tertiary alicyclic amines) is 1. The molecule has 4 nitrogen and oxygen atoms in total. The molecule has 1 aliphatic carbocycles. The van der Waals surface area contributed by atoms with Gasteiger partial charge in [-0.15, -0.1) is 0 Å². The third-order valence-corrected chi connectivity index (χ3v) is 6.24. The molecule has 2 fully saturated rings. The number of nitrogens with zero attached hydrogens (tertiary/aromatic N) is 1. The summed E-state index contributed by atoms with van der Waals surface area (Å²) in [5.41, 5.74) is 2.24. The van der Waals surface area contributed by atoms with E-state index in [0.717, 1.165) is 53.5 Å². The van der Waals surface area contributed by atoms with Crippen molar-refractivity contribution in [2.75, 3.05) is 19.8 Å². The predicted octanol–water partition coefficient (Wildman–Crippen LogP) is 4.58. The first-order chi connectivity index (χ1) is 13.2. The minimum absolute atomic E-state index is 0.0581. The van der Waals surface area contributed by atoms with Gasteiger partial charge in [0.05, 0.1) is 6.04 Å². The summed E-state index contributed by atoms with van der Waals surface area (Å²) >= 11 is 6.33. The van der Waals surface area contributed by atoms with Gasteiger partial charge in [-0.25, -0.2) is 0 Å². The van der Waals surface area contributed by atoms with E-state index < -0.39 is 0 Å². The van der Waals surface area contributed by atoms with Crippen LogP contribution in [0.4, 0.5) is 0 Å². The van der Waals surface area contributed by atoms with Gasteiger partial charge in [0.2, 0.25) is 5.91 Å². The maximum Gasteiger partial charge on any atom is 0.226 e. The third-order valence-electron chi connectivity index (χ3n) is 5.90. The smallest absolute Gasteiger partial charge is 0.226 e. The first-order valence-corrected chi connectivity index (χ1v) is 10.0. The molecule has 0 aromatic heterocycles. The molecule has 0 N–H and O–H groups in total. The summed E-state index contributed by atoms with van der Waals surface area (Å²) in [6.07, 6.45) is 2.93. The summed E-state index contributed by atoms with van der Waals surface area (Å²) in [7, 11) is 0. The van der Waals surface area contributed by atoms with Crippen molar-refractivity contribution in [2.24, 2.45) is 5.92 Å². The van der Waals surface area contributed by atoms with Crippen molar-refractivity contribution in [1.82, 2.24) is 4.90 Å². The van der Waals surface area contributed by atoms with Crippen LogP contribution in [0.15, 0.2) is 42.5 Å². The number of amides is 1. The molecule has 0 bridgehead atoms. The Balaban J connectivity index is 1.34. The van der Waals surface area contributed by atoms with Crippen LogP contribution < -0.4 is 9.47 Å². The molecular formula is C22H22ClNO3. The molecule has 2 heterocycles. The van der Waals surface area contributed by atoms with E-state index in [1.165, 1.54) is 0 Å². The molecule has 5 rings (SSSR count). The van der Waals surface area contributed by atoms with E-state index in [1.54, 1.807) is 0 Å². The van der Waals surface area contributed by atoms with E-state index in [1.807, 2.05) is 36.4 Å². The Hall–Kier alpha value is -2.20. The van der Waals surface area contributed by atoms with Crippen LogP contribution in [0, 0.1) is 5.92 Å². The lowest BCUT2D eigenvalue weighted by atomic mass is 10.0. The van der Waals surface area contributed by atoms with Crippen molar-refractivity contribution in [3.05, 3.63) is 58.6 Å². The zero-order valence-corrected chi connectivity index (χ0v) is 15.8. The van der Waals surface area contributed by atoms with E-state index in [9.17, 15) is 4.79 Å². The Bertz CT molecular complexity index is 884. The molecule has 27 heavy (non-hydrogen) atoms. The maximum absolute atomic E-state index is 13.2. The normalized spacial score (nSPS) is 26.1. The number of hydrogen-bond donors (Lipinski definition) is 0. The fourth-order valence-electron chi connectivity index (χ4n) is 4.44. The van der Waals surface area contributed by atoms with Gasteiger partial charge in [0, 0.05) is 17.5 Å². The quantitative estimate of drug-likeness (QED) is 0.778. The molecule has 1 amide bonds. The zero-order valence-electron chi connectivity index (χ0n) is 15.1. The fraction of sp³-hybridized carbons (Fsp3) is 0.409. The largest absolute Gasteiger partial charge is 0.486 e. The molecule has 3 aliphatic rings. The summed E-state index contributed by atoms with van der Waals surface area (Å²) < 4.78 is 11.3. The fourth-order valence-corrected chi connectivity index (χ4v) is 4.72. The van der Waals surface area contributed by atoms with Crippen molar-refractivity contribution in [2.45, 2.75) is 31.2 Å². The number of fused-ring (bicyclic) bond motifs is 1. The predicted molar refractivity (Wildman–Crippen MR) is 103 cm³/mol. The summed E-state index contributed by atoms with van der Waals surface area (Å²) in [6, 6.07) is 14.1. The summed E-state index contributed by atoms with van der Waals surface area (Å²) in [6.45, 7) is 1.99. The Kier molecular flexibility index (Phi) is 4.24. The van der Waals surface area contributed by atoms with Crippen molar-refractivity contribution >= 4 is 17.5 Å². The number of carbonyl (C=O) groups is 1. The third kappa shape index (κ3) is 3.06.